The van der Waals surface area contributed by atoms with Gasteiger partial charge in [0.05, 0.1) is 13.0 Å². The maximum absolute atomic E-state index is 11.3. The summed E-state index contributed by atoms with van der Waals surface area (Å²) in [7, 11) is 2.05. The van der Waals surface area contributed by atoms with E-state index in [1.54, 1.807) is 0 Å². The van der Waals surface area contributed by atoms with Crippen molar-refractivity contribution >= 4 is 5.97 Å². The first-order valence-corrected chi connectivity index (χ1v) is 5.62. The van der Waals surface area contributed by atoms with Gasteiger partial charge in [-0.1, -0.05) is 20.8 Å². The lowest BCUT2D eigenvalue weighted by Crippen LogP contribution is -2.37. The minimum absolute atomic E-state index is 0.106. The fourth-order valence-electron chi connectivity index (χ4n) is 1.52. The van der Waals surface area contributed by atoms with E-state index < -0.39 is 0 Å². The molecule has 0 saturated carbocycles. The zero-order chi connectivity index (χ0) is 12.1. The summed E-state index contributed by atoms with van der Waals surface area (Å²) < 4.78 is 4.93. The Morgan fingerprint density at radius 2 is 1.93 bits per heavy atom. The van der Waals surface area contributed by atoms with Gasteiger partial charge in [0.1, 0.15) is 0 Å². The molecule has 0 aliphatic heterocycles. The van der Waals surface area contributed by atoms with Gasteiger partial charge in [0.2, 0.25) is 0 Å². The fraction of sp³-hybridized carbons (Fsp3) is 0.917. The van der Waals surface area contributed by atoms with E-state index in [1.807, 2.05) is 6.92 Å². The number of ether oxygens (including phenoxy) is 1. The molecule has 3 heteroatoms. The number of hydrogen-bond donors (Lipinski definition) is 0. The SMILES string of the molecule is CCOC(=O)CC(C)N(C)CC(C)(C)C. The van der Waals surface area contributed by atoms with Crippen molar-refractivity contribution in [1.29, 1.82) is 0 Å². The molecule has 0 aromatic rings. The van der Waals surface area contributed by atoms with Crippen LogP contribution in [0, 0.1) is 5.41 Å². The molecule has 1 unspecified atom stereocenters. The second-order valence-corrected chi connectivity index (χ2v) is 5.33. The highest BCUT2D eigenvalue weighted by molar-refractivity contribution is 5.69. The highest BCUT2D eigenvalue weighted by atomic mass is 16.5. The van der Waals surface area contributed by atoms with Crippen molar-refractivity contribution in [1.82, 2.24) is 4.90 Å². The summed E-state index contributed by atoms with van der Waals surface area (Å²) in [6.45, 7) is 11.9. The lowest BCUT2D eigenvalue weighted by molar-refractivity contribution is -0.144. The van der Waals surface area contributed by atoms with Crippen LogP contribution in [0.15, 0.2) is 0 Å². The zero-order valence-electron chi connectivity index (χ0n) is 11.0. The second kappa shape index (κ2) is 6.11. The molecule has 0 aliphatic carbocycles. The summed E-state index contributed by atoms with van der Waals surface area (Å²) in [5.74, 6) is -0.106. The van der Waals surface area contributed by atoms with Crippen molar-refractivity contribution in [2.24, 2.45) is 5.41 Å². The summed E-state index contributed by atoms with van der Waals surface area (Å²) in [5, 5.41) is 0. The highest BCUT2D eigenvalue weighted by Crippen LogP contribution is 2.16. The maximum Gasteiger partial charge on any atom is 0.307 e. The summed E-state index contributed by atoms with van der Waals surface area (Å²) >= 11 is 0. The van der Waals surface area contributed by atoms with Gasteiger partial charge in [-0.15, -0.1) is 0 Å². The molecule has 0 amide bonds. The molecule has 0 spiro atoms. The van der Waals surface area contributed by atoms with Crippen LogP contribution in [-0.2, 0) is 9.53 Å². The van der Waals surface area contributed by atoms with Crippen LogP contribution < -0.4 is 0 Å². The van der Waals surface area contributed by atoms with Crippen LogP contribution in [0.3, 0.4) is 0 Å². The normalized spacial score (nSPS) is 14.1. The summed E-state index contributed by atoms with van der Waals surface area (Å²) in [5.41, 5.74) is 0.262. The van der Waals surface area contributed by atoms with Crippen LogP contribution in [0.5, 0.6) is 0 Å². The summed E-state index contributed by atoms with van der Waals surface area (Å²) in [4.78, 5) is 13.5. The van der Waals surface area contributed by atoms with Crippen molar-refractivity contribution in [3.05, 3.63) is 0 Å². The first-order chi connectivity index (χ1) is 6.76. The molecule has 1 atom stereocenters. The molecule has 0 aliphatic rings. The van der Waals surface area contributed by atoms with Crippen LogP contribution in [0.25, 0.3) is 0 Å². The molecule has 0 aromatic carbocycles. The minimum atomic E-state index is -0.106. The predicted molar refractivity (Wildman–Crippen MR) is 62.8 cm³/mol. The molecule has 0 bridgehead atoms. The zero-order valence-corrected chi connectivity index (χ0v) is 11.0. The number of carbonyl (C=O) groups excluding carboxylic acids is 1. The van der Waals surface area contributed by atoms with Crippen LogP contribution in [-0.4, -0.2) is 37.1 Å². The van der Waals surface area contributed by atoms with Crippen LogP contribution in [0.4, 0.5) is 0 Å². The first-order valence-electron chi connectivity index (χ1n) is 5.62. The van der Waals surface area contributed by atoms with Crippen LogP contribution in [0.2, 0.25) is 0 Å². The fourth-order valence-corrected chi connectivity index (χ4v) is 1.52. The Kier molecular flexibility index (Phi) is 5.88. The monoisotopic (exact) mass is 215 g/mol. The first kappa shape index (κ1) is 14.4. The maximum atomic E-state index is 11.3. The van der Waals surface area contributed by atoms with Gasteiger partial charge >= 0.3 is 5.97 Å². The Morgan fingerprint density at radius 3 is 2.33 bits per heavy atom. The van der Waals surface area contributed by atoms with E-state index in [9.17, 15) is 4.79 Å². The van der Waals surface area contributed by atoms with E-state index in [1.165, 1.54) is 0 Å². The topological polar surface area (TPSA) is 29.5 Å². The molecular formula is C12H25NO2. The van der Waals surface area contributed by atoms with E-state index in [-0.39, 0.29) is 17.4 Å². The van der Waals surface area contributed by atoms with Gasteiger partial charge in [-0.05, 0) is 26.3 Å². The summed E-state index contributed by atoms with van der Waals surface area (Å²) in [6.07, 6.45) is 0.473. The lowest BCUT2D eigenvalue weighted by Gasteiger charge is -2.30. The number of nitrogens with zero attached hydrogens (tertiary/aromatic N) is 1. The standard InChI is InChI=1S/C12H25NO2/c1-7-15-11(14)8-10(2)13(6)9-12(3,4)5/h10H,7-9H2,1-6H3. The van der Waals surface area contributed by atoms with Crippen LogP contribution in [0.1, 0.15) is 41.0 Å². The van der Waals surface area contributed by atoms with E-state index in [2.05, 4.69) is 39.6 Å². The molecule has 0 fully saturated rings. The molecule has 0 heterocycles. The van der Waals surface area contributed by atoms with Crippen molar-refractivity contribution in [2.45, 2.75) is 47.1 Å². The van der Waals surface area contributed by atoms with Gasteiger partial charge in [0.25, 0.3) is 0 Å². The Bertz CT molecular complexity index is 196. The van der Waals surface area contributed by atoms with E-state index in [0.717, 1.165) is 6.54 Å². The molecular weight excluding hydrogens is 190 g/mol. The van der Waals surface area contributed by atoms with Crippen molar-refractivity contribution in [3.8, 4) is 0 Å². The summed E-state index contributed by atoms with van der Waals surface area (Å²) in [6, 6.07) is 0.239. The van der Waals surface area contributed by atoms with Crippen LogP contribution >= 0.6 is 0 Å². The molecule has 0 rings (SSSR count). The average molecular weight is 215 g/mol. The van der Waals surface area contributed by atoms with E-state index in [4.69, 9.17) is 4.74 Å². The van der Waals surface area contributed by atoms with Gasteiger partial charge < -0.3 is 9.64 Å². The smallest absolute Gasteiger partial charge is 0.307 e. The van der Waals surface area contributed by atoms with Crippen molar-refractivity contribution in [3.63, 3.8) is 0 Å². The number of hydrogen-bond acceptors (Lipinski definition) is 3. The number of esters is 1. The van der Waals surface area contributed by atoms with Crippen molar-refractivity contribution < 1.29 is 9.53 Å². The third kappa shape index (κ3) is 7.37. The molecule has 0 aromatic heterocycles. The van der Waals surface area contributed by atoms with Gasteiger partial charge in [-0.25, -0.2) is 0 Å². The van der Waals surface area contributed by atoms with E-state index >= 15 is 0 Å². The van der Waals surface area contributed by atoms with Crippen molar-refractivity contribution in [2.75, 3.05) is 20.2 Å². The second-order valence-electron chi connectivity index (χ2n) is 5.33. The van der Waals surface area contributed by atoms with E-state index in [0.29, 0.717) is 13.0 Å². The Hall–Kier alpha value is -0.570. The molecule has 15 heavy (non-hydrogen) atoms. The molecule has 0 N–H and O–H groups in total. The number of carbonyl (C=O) groups is 1. The van der Waals surface area contributed by atoms with Gasteiger partial charge in [-0.2, -0.15) is 0 Å². The predicted octanol–water partition coefficient (Wildman–Crippen LogP) is 2.31. The Labute approximate surface area is 93.8 Å². The molecule has 3 nitrogen and oxygen atoms in total. The molecule has 0 radical (unpaired) electrons. The lowest BCUT2D eigenvalue weighted by atomic mass is 9.95. The van der Waals surface area contributed by atoms with Gasteiger partial charge in [0.15, 0.2) is 0 Å². The number of rotatable bonds is 5. The largest absolute Gasteiger partial charge is 0.466 e. The quantitative estimate of drug-likeness (QED) is 0.659. The molecule has 90 valence electrons. The minimum Gasteiger partial charge on any atom is -0.466 e. The Morgan fingerprint density at radius 1 is 1.40 bits per heavy atom. The van der Waals surface area contributed by atoms with Gasteiger partial charge in [0, 0.05) is 12.6 Å². The third-order valence-corrected chi connectivity index (χ3v) is 2.24. The highest BCUT2D eigenvalue weighted by Gasteiger charge is 2.19. The average Bonchev–Trinajstić information content (AvgIpc) is 2.00. The third-order valence-electron chi connectivity index (χ3n) is 2.24. The Balaban J connectivity index is 3.99. The van der Waals surface area contributed by atoms with Gasteiger partial charge in [-0.3, -0.25) is 4.79 Å². The molecule has 0 saturated heterocycles.